The number of benzene rings is 1. The van der Waals surface area contributed by atoms with Crippen LogP contribution in [0.5, 0.6) is 0 Å². The molecule has 1 aromatic rings. The highest BCUT2D eigenvalue weighted by Gasteiger charge is 2.35. The molecule has 1 amide bonds. The number of amides is 1. The second kappa shape index (κ2) is 5.72. The van der Waals surface area contributed by atoms with E-state index in [4.69, 9.17) is 17.6 Å². The summed E-state index contributed by atoms with van der Waals surface area (Å²) in [6.45, 7) is 0. The number of halogens is 4. The van der Waals surface area contributed by atoms with E-state index in [1.54, 1.807) is 0 Å². The Morgan fingerprint density at radius 3 is 2.05 bits per heavy atom. The molecule has 3 N–H and O–H groups in total. The molecule has 0 spiro atoms. The van der Waals surface area contributed by atoms with Gasteiger partial charge in [-0.25, -0.2) is 0 Å². The van der Waals surface area contributed by atoms with Gasteiger partial charge in [0.2, 0.25) is 0 Å². The van der Waals surface area contributed by atoms with Gasteiger partial charge in [0.05, 0.1) is 10.6 Å². The van der Waals surface area contributed by atoms with Gasteiger partial charge in [0.15, 0.2) is 0 Å². The van der Waals surface area contributed by atoms with Crippen molar-refractivity contribution in [1.29, 1.82) is 5.41 Å². The molecule has 4 nitrogen and oxygen atoms in total. The van der Waals surface area contributed by atoms with Gasteiger partial charge in [0, 0.05) is 29.0 Å². The van der Waals surface area contributed by atoms with Crippen LogP contribution in [0.4, 0.5) is 4.79 Å². The van der Waals surface area contributed by atoms with E-state index in [1.165, 1.54) is 0 Å². The van der Waals surface area contributed by atoms with Crippen LogP contribution in [0.1, 0.15) is 11.1 Å². The van der Waals surface area contributed by atoms with Crippen LogP contribution in [0.25, 0.3) is 5.70 Å². The summed E-state index contributed by atoms with van der Waals surface area (Å²) in [6.07, 6.45) is 0. The normalized spacial score (nSPS) is 20.7. The van der Waals surface area contributed by atoms with Gasteiger partial charge in [-0.05, 0) is 75.5 Å². The molecular formula is C11H3Br4N3OS2. The Kier molecular flexibility index (Phi) is 4.39. The molecule has 2 aliphatic heterocycles. The van der Waals surface area contributed by atoms with Crippen molar-refractivity contribution < 1.29 is 4.79 Å². The molecule has 0 bridgehead atoms. The highest BCUT2D eigenvalue weighted by molar-refractivity contribution is 9.15. The maximum absolute atomic E-state index is 11.5. The van der Waals surface area contributed by atoms with Crippen LogP contribution in [0.3, 0.4) is 0 Å². The van der Waals surface area contributed by atoms with Crippen molar-refractivity contribution >= 4 is 109 Å². The topological polar surface area (TPSA) is 65.0 Å². The first-order chi connectivity index (χ1) is 9.82. The first kappa shape index (κ1) is 16.1. The molecule has 2 aliphatic rings. The third-order valence-electron chi connectivity index (χ3n) is 2.86. The monoisotopic (exact) mass is 573 g/mol. The summed E-state index contributed by atoms with van der Waals surface area (Å²) in [4.78, 5) is 12.5. The van der Waals surface area contributed by atoms with Crippen molar-refractivity contribution in [3.05, 3.63) is 33.9 Å². The summed E-state index contributed by atoms with van der Waals surface area (Å²) < 4.78 is 3.17. The van der Waals surface area contributed by atoms with E-state index in [2.05, 4.69) is 74.4 Å². The average molecular weight is 577 g/mol. The quantitative estimate of drug-likeness (QED) is 0.174. The maximum atomic E-state index is 11.5. The van der Waals surface area contributed by atoms with E-state index in [-0.39, 0.29) is 11.1 Å². The van der Waals surface area contributed by atoms with Crippen LogP contribution < -0.4 is 10.6 Å². The van der Waals surface area contributed by atoms with Gasteiger partial charge in [-0.1, -0.05) is 12.2 Å². The molecule has 0 atom stereocenters. The predicted molar refractivity (Wildman–Crippen MR) is 103 cm³/mol. The summed E-state index contributed by atoms with van der Waals surface area (Å²) in [5.41, 5.74) is 2.16. The van der Waals surface area contributed by atoms with Crippen molar-refractivity contribution in [3.8, 4) is 0 Å². The fraction of sp³-hybridized carbons (Fsp3) is 0. The Labute approximate surface area is 162 Å². The van der Waals surface area contributed by atoms with Crippen molar-refractivity contribution in [2.24, 2.45) is 0 Å². The molecule has 0 unspecified atom stereocenters. The van der Waals surface area contributed by atoms with E-state index >= 15 is 0 Å². The number of carbonyl (C=O) groups excluding carboxylic acids is 1. The average Bonchev–Trinajstić information content (AvgIpc) is 2.93. The highest BCUT2D eigenvalue weighted by atomic mass is 79.9. The molecule has 0 aliphatic carbocycles. The second-order valence-electron chi connectivity index (χ2n) is 4.05. The van der Waals surface area contributed by atoms with Gasteiger partial charge in [-0.2, -0.15) is 0 Å². The van der Waals surface area contributed by atoms with Gasteiger partial charge in [-0.3, -0.25) is 10.2 Å². The van der Waals surface area contributed by atoms with E-state index in [0.717, 1.165) is 35.2 Å². The number of nitrogens with one attached hydrogen (secondary N) is 3. The van der Waals surface area contributed by atoms with Gasteiger partial charge in [0.25, 0.3) is 5.24 Å². The lowest BCUT2D eigenvalue weighted by Gasteiger charge is -2.11. The smallest absolute Gasteiger partial charge is 0.289 e. The summed E-state index contributed by atoms with van der Waals surface area (Å²) in [6, 6.07) is 0. The van der Waals surface area contributed by atoms with Crippen LogP contribution in [0, 0.1) is 5.41 Å². The molecule has 0 radical (unpaired) electrons. The Bertz CT molecular complexity index is 790. The van der Waals surface area contributed by atoms with Crippen LogP contribution in [-0.2, 0) is 0 Å². The zero-order valence-electron chi connectivity index (χ0n) is 9.74. The minimum absolute atomic E-state index is 0.212. The number of fused-ring (bicyclic) bond motifs is 1. The SMILES string of the molecule is N=C1N/C(=C2/SC(=O)NC2=S)c2c(Br)c(Br)c(Br)c(Br)c21. The minimum atomic E-state index is -0.212. The van der Waals surface area contributed by atoms with Gasteiger partial charge >= 0.3 is 0 Å². The fourth-order valence-corrected chi connectivity index (χ4v) is 5.64. The van der Waals surface area contributed by atoms with Gasteiger partial charge < -0.3 is 10.6 Å². The lowest BCUT2D eigenvalue weighted by atomic mass is 10.1. The molecular weight excluding hydrogens is 574 g/mol. The number of hydrogen-bond acceptors (Lipinski definition) is 4. The number of rotatable bonds is 0. The molecule has 1 saturated heterocycles. The van der Waals surface area contributed by atoms with E-state index in [9.17, 15) is 4.79 Å². The third-order valence-corrected chi connectivity index (χ3v) is 8.96. The fourth-order valence-electron chi connectivity index (χ4n) is 2.00. The number of amidine groups is 1. The first-order valence-corrected chi connectivity index (χ1v) is 9.72. The maximum Gasteiger partial charge on any atom is 0.289 e. The van der Waals surface area contributed by atoms with Crippen LogP contribution in [0.2, 0.25) is 0 Å². The number of thiocarbonyl (C=S) groups is 1. The Morgan fingerprint density at radius 2 is 1.52 bits per heavy atom. The standard InChI is InChI=1S/C11H3Br4N3OS2/c12-3-1-2(4(13)6(15)5(3)14)9(16)17-7(1)8-10(20)18-11(19)21-8/h(H2,16,17)(H,18,19,20)/b8-7+. The van der Waals surface area contributed by atoms with Gasteiger partial charge in [0.1, 0.15) is 10.8 Å². The summed E-state index contributed by atoms with van der Waals surface area (Å²) >= 11 is 20.2. The third kappa shape index (κ3) is 2.47. The molecule has 0 aromatic heterocycles. The predicted octanol–water partition coefficient (Wildman–Crippen LogP) is 5.12. The molecule has 3 rings (SSSR count). The van der Waals surface area contributed by atoms with Crippen molar-refractivity contribution in [2.75, 3.05) is 0 Å². The van der Waals surface area contributed by atoms with E-state index in [0.29, 0.717) is 21.2 Å². The van der Waals surface area contributed by atoms with Crippen molar-refractivity contribution in [1.82, 2.24) is 10.6 Å². The molecule has 108 valence electrons. The Balaban J connectivity index is 2.36. The summed E-state index contributed by atoms with van der Waals surface area (Å²) in [5, 5.41) is 13.5. The molecule has 2 heterocycles. The highest BCUT2D eigenvalue weighted by Crippen LogP contribution is 2.48. The zero-order chi connectivity index (χ0) is 15.5. The van der Waals surface area contributed by atoms with Crippen LogP contribution in [0.15, 0.2) is 22.8 Å². The van der Waals surface area contributed by atoms with Crippen LogP contribution >= 0.6 is 87.7 Å². The second-order valence-corrected chi connectivity index (χ2v) is 8.62. The van der Waals surface area contributed by atoms with Gasteiger partial charge in [-0.15, -0.1) is 0 Å². The molecule has 21 heavy (non-hydrogen) atoms. The number of carbonyl (C=O) groups is 1. The minimum Gasteiger partial charge on any atom is -0.339 e. The lowest BCUT2D eigenvalue weighted by molar-refractivity contribution is 0.265. The Hall–Kier alpha value is 0.260. The Morgan fingerprint density at radius 1 is 0.952 bits per heavy atom. The number of thioether (sulfide) groups is 1. The summed E-state index contributed by atoms with van der Waals surface area (Å²) in [5.74, 6) is 0.246. The van der Waals surface area contributed by atoms with Crippen LogP contribution in [-0.4, -0.2) is 16.1 Å². The van der Waals surface area contributed by atoms with Crippen molar-refractivity contribution in [2.45, 2.75) is 0 Å². The van der Waals surface area contributed by atoms with E-state index < -0.39 is 0 Å². The van der Waals surface area contributed by atoms with Crippen molar-refractivity contribution in [3.63, 3.8) is 0 Å². The first-order valence-electron chi connectivity index (χ1n) is 5.32. The molecule has 1 fully saturated rings. The molecule has 10 heteroatoms. The lowest BCUT2D eigenvalue weighted by Crippen LogP contribution is -2.18. The summed E-state index contributed by atoms with van der Waals surface area (Å²) in [7, 11) is 0. The number of hydrogen-bond donors (Lipinski definition) is 3. The van der Waals surface area contributed by atoms with E-state index in [1.807, 2.05) is 0 Å². The largest absolute Gasteiger partial charge is 0.339 e. The molecule has 1 aromatic carbocycles. The zero-order valence-corrected chi connectivity index (χ0v) is 17.7. The molecule has 0 saturated carbocycles.